The monoisotopic (exact) mass is 299 g/mol. The summed E-state index contributed by atoms with van der Waals surface area (Å²) in [5.41, 5.74) is 0.673. The van der Waals surface area contributed by atoms with Gasteiger partial charge in [0.1, 0.15) is 5.82 Å². The van der Waals surface area contributed by atoms with Gasteiger partial charge >= 0.3 is 0 Å². The molecule has 0 radical (unpaired) electrons. The van der Waals surface area contributed by atoms with Crippen LogP contribution in [0, 0.1) is 5.82 Å². The minimum atomic E-state index is -3.62. The lowest BCUT2D eigenvalue weighted by atomic mass is 10.2. The summed E-state index contributed by atoms with van der Waals surface area (Å²) in [7, 11) is -3.62. The number of hydrogen-bond donors (Lipinski definition) is 1. The van der Waals surface area contributed by atoms with Crippen molar-refractivity contribution >= 4 is 21.6 Å². The summed E-state index contributed by atoms with van der Waals surface area (Å²) in [5, 5.41) is 0.352. The van der Waals surface area contributed by atoms with Crippen LogP contribution in [0.5, 0.6) is 0 Å². The maximum atomic E-state index is 12.7. The van der Waals surface area contributed by atoms with Gasteiger partial charge in [-0.2, -0.15) is 0 Å². The van der Waals surface area contributed by atoms with Crippen LogP contribution in [-0.2, 0) is 16.6 Å². The van der Waals surface area contributed by atoms with Gasteiger partial charge in [-0.3, -0.25) is 0 Å². The van der Waals surface area contributed by atoms with Crippen molar-refractivity contribution in [1.82, 2.24) is 4.72 Å². The van der Waals surface area contributed by atoms with Crippen LogP contribution >= 0.6 is 11.6 Å². The Balaban J connectivity index is 2.12. The Labute approximate surface area is 116 Å². The first kappa shape index (κ1) is 14.0. The van der Waals surface area contributed by atoms with Crippen LogP contribution in [0.15, 0.2) is 53.4 Å². The lowest BCUT2D eigenvalue weighted by Crippen LogP contribution is -2.23. The van der Waals surface area contributed by atoms with Crippen molar-refractivity contribution in [3.8, 4) is 0 Å². The largest absolute Gasteiger partial charge is 0.240 e. The van der Waals surface area contributed by atoms with Crippen LogP contribution in [0.3, 0.4) is 0 Å². The van der Waals surface area contributed by atoms with Crippen LogP contribution in [0.2, 0.25) is 5.02 Å². The van der Waals surface area contributed by atoms with Crippen molar-refractivity contribution in [3.05, 3.63) is 64.9 Å². The summed E-state index contributed by atoms with van der Waals surface area (Å²) in [6.07, 6.45) is 0. The molecule has 0 atom stereocenters. The Morgan fingerprint density at radius 1 is 1.11 bits per heavy atom. The Morgan fingerprint density at radius 2 is 1.79 bits per heavy atom. The lowest BCUT2D eigenvalue weighted by molar-refractivity contribution is 0.581. The first-order valence-electron chi connectivity index (χ1n) is 5.47. The van der Waals surface area contributed by atoms with E-state index in [4.69, 9.17) is 11.6 Å². The van der Waals surface area contributed by atoms with E-state index < -0.39 is 10.0 Å². The highest BCUT2D eigenvalue weighted by Crippen LogP contribution is 2.15. The zero-order valence-corrected chi connectivity index (χ0v) is 11.4. The van der Waals surface area contributed by atoms with E-state index in [-0.39, 0.29) is 17.3 Å². The molecule has 0 unspecified atom stereocenters. The van der Waals surface area contributed by atoms with E-state index in [1.54, 1.807) is 12.1 Å². The van der Waals surface area contributed by atoms with E-state index in [9.17, 15) is 12.8 Å². The predicted octanol–water partition coefficient (Wildman–Crippen LogP) is 2.96. The summed E-state index contributed by atoms with van der Waals surface area (Å²) in [4.78, 5) is 0.0992. The van der Waals surface area contributed by atoms with E-state index in [0.29, 0.717) is 10.6 Å². The topological polar surface area (TPSA) is 46.2 Å². The maximum Gasteiger partial charge on any atom is 0.240 e. The van der Waals surface area contributed by atoms with Crippen LogP contribution in [0.25, 0.3) is 0 Å². The average Bonchev–Trinajstić information content (AvgIpc) is 2.38. The molecule has 0 aromatic heterocycles. The van der Waals surface area contributed by atoms with Gasteiger partial charge in [0.15, 0.2) is 0 Å². The van der Waals surface area contributed by atoms with E-state index in [1.807, 2.05) is 0 Å². The number of rotatable bonds is 4. The molecule has 0 heterocycles. The second-order valence-electron chi connectivity index (χ2n) is 3.91. The molecule has 0 saturated carbocycles. The van der Waals surface area contributed by atoms with Crippen LogP contribution in [0.4, 0.5) is 4.39 Å². The van der Waals surface area contributed by atoms with E-state index >= 15 is 0 Å². The highest BCUT2D eigenvalue weighted by molar-refractivity contribution is 7.89. The standard InChI is InChI=1S/C13H11ClFNO2S/c14-11-2-1-3-13(8-11)19(17,18)16-9-10-4-6-12(15)7-5-10/h1-8,16H,9H2. The molecule has 2 aromatic carbocycles. The molecule has 19 heavy (non-hydrogen) atoms. The highest BCUT2D eigenvalue weighted by atomic mass is 35.5. The van der Waals surface area contributed by atoms with Gasteiger partial charge in [0.25, 0.3) is 0 Å². The molecular formula is C13H11ClFNO2S. The minimum Gasteiger partial charge on any atom is -0.207 e. The Bertz CT molecular complexity index is 671. The second-order valence-corrected chi connectivity index (χ2v) is 6.11. The number of sulfonamides is 1. The van der Waals surface area contributed by atoms with E-state index in [1.165, 1.54) is 36.4 Å². The normalized spacial score (nSPS) is 11.5. The number of halogens is 2. The SMILES string of the molecule is O=S(=O)(NCc1ccc(F)cc1)c1cccc(Cl)c1. The van der Waals surface area contributed by atoms with Crippen molar-refractivity contribution in [1.29, 1.82) is 0 Å². The first-order chi connectivity index (χ1) is 8.97. The molecule has 0 aliphatic heterocycles. The third-order valence-corrected chi connectivity index (χ3v) is 4.12. The average molecular weight is 300 g/mol. The molecular weight excluding hydrogens is 289 g/mol. The quantitative estimate of drug-likeness (QED) is 0.943. The molecule has 0 spiro atoms. The van der Waals surface area contributed by atoms with Crippen molar-refractivity contribution in [3.63, 3.8) is 0 Å². The molecule has 3 nitrogen and oxygen atoms in total. The van der Waals surface area contributed by atoms with Gasteiger partial charge in [0, 0.05) is 11.6 Å². The van der Waals surface area contributed by atoms with Gasteiger partial charge < -0.3 is 0 Å². The third-order valence-electron chi connectivity index (χ3n) is 2.49. The molecule has 0 bridgehead atoms. The molecule has 0 amide bonds. The molecule has 0 saturated heterocycles. The highest BCUT2D eigenvalue weighted by Gasteiger charge is 2.13. The maximum absolute atomic E-state index is 12.7. The summed E-state index contributed by atoms with van der Waals surface area (Å²) in [6.45, 7) is 0.0924. The molecule has 0 aliphatic carbocycles. The van der Waals surface area contributed by atoms with Crippen LogP contribution < -0.4 is 4.72 Å². The Morgan fingerprint density at radius 3 is 2.42 bits per heavy atom. The summed E-state index contributed by atoms with van der Waals surface area (Å²) < 4.78 is 39.1. The molecule has 2 aromatic rings. The molecule has 100 valence electrons. The van der Waals surface area contributed by atoms with Crippen molar-refractivity contribution in [2.75, 3.05) is 0 Å². The summed E-state index contributed by atoms with van der Waals surface area (Å²) in [6, 6.07) is 11.6. The summed E-state index contributed by atoms with van der Waals surface area (Å²) in [5.74, 6) is -0.360. The molecule has 0 fully saturated rings. The zero-order valence-electron chi connectivity index (χ0n) is 9.81. The lowest BCUT2D eigenvalue weighted by Gasteiger charge is -2.07. The Hall–Kier alpha value is -1.43. The molecule has 2 rings (SSSR count). The first-order valence-corrected chi connectivity index (χ1v) is 7.33. The van der Waals surface area contributed by atoms with E-state index in [2.05, 4.69) is 4.72 Å². The van der Waals surface area contributed by atoms with Crippen LogP contribution in [0.1, 0.15) is 5.56 Å². The third kappa shape index (κ3) is 3.76. The van der Waals surface area contributed by atoms with Gasteiger partial charge in [0.05, 0.1) is 4.90 Å². The van der Waals surface area contributed by atoms with Gasteiger partial charge in [-0.05, 0) is 35.9 Å². The van der Waals surface area contributed by atoms with Crippen LogP contribution in [-0.4, -0.2) is 8.42 Å². The molecule has 1 N–H and O–H groups in total. The predicted molar refractivity (Wildman–Crippen MR) is 71.9 cm³/mol. The number of benzene rings is 2. The van der Waals surface area contributed by atoms with Crippen molar-refractivity contribution in [2.24, 2.45) is 0 Å². The second kappa shape index (κ2) is 5.69. The number of nitrogens with one attached hydrogen (secondary N) is 1. The van der Waals surface area contributed by atoms with Crippen molar-refractivity contribution < 1.29 is 12.8 Å². The van der Waals surface area contributed by atoms with Gasteiger partial charge in [-0.15, -0.1) is 0 Å². The fourth-order valence-electron chi connectivity index (χ4n) is 1.50. The van der Waals surface area contributed by atoms with Gasteiger partial charge in [-0.25, -0.2) is 17.5 Å². The fraction of sp³-hybridized carbons (Fsp3) is 0.0769. The Kier molecular flexibility index (Phi) is 4.19. The zero-order chi connectivity index (χ0) is 13.9. The van der Waals surface area contributed by atoms with Gasteiger partial charge in [0.2, 0.25) is 10.0 Å². The molecule has 6 heteroatoms. The summed E-state index contributed by atoms with van der Waals surface area (Å²) >= 11 is 5.75. The minimum absolute atomic E-state index is 0.0924. The van der Waals surface area contributed by atoms with Gasteiger partial charge in [-0.1, -0.05) is 29.8 Å². The smallest absolute Gasteiger partial charge is 0.207 e. The molecule has 0 aliphatic rings. The van der Waals surface area contributed by atoms with E-state index in [0.717, 1.165) is 0 Å². The van der Waals surface area contributed by atoms with Crippen molar-refractivity contribution in [2.45, 2.75) is 11.4 Å². The fourth-order valence-corrected chi connectivity index (χ4v) is 2.82. The number of hydrogen-bond acceptors (Lipinski definition) is 2.